The molecule has 1 aromatic heterocycles. The molecule has 3 heterocycles. The third-order valence-corrected chi connectivity index (χ3v) is 6.77. The van der Waals surface area contributed by atoms with Gasteiger partial charge in [0.1, 0.15) is 0 Å². The molecular formula is C24H25F3N4O3. The first-order chi connectivity index (χ1) is 16.2. The zero-order chi connectivity index (χ0) is 24.5. The molecule has 2 aliphatic rings. The van der Waals surface area contributed by atoms with Gasteiger partial charge in [-0.3, -0.25) is 4.79 Å². The zero-order valence-electron chi connectivity index (χ0n) is 18.9. The number of carbonyl (C=O) groups excluding carboxylic acids is 1. The Morgan fingerprint density at radius 2 is 2.06 bits per heavy atom. The maximum absolute atomic E-state index is 13.5. The third kappa shape index (κ3) is 4.40. The number of fused-ring (bicyclic) bond motifs is 1. The highest BCUT2D eigenvalue weighted by atomic mass is 19.4. The average molecular weight is 474 g/mol. The molecule has 34 heavy (non-hydrogen) atoms. The van der Waals surface area contributed by atoms with E-state index in [1.165, 1.54) is 19.4 Å². The number of halogens is 3. The first-order valence-electron chi connectivity index (χ1n) is 10.9. The number of nitriles is 1. The minimum Gasteiger partial charge on any atom is -0.481 e. The van der Waals surface area contributed by atoms with Gasteiger partial charge in [0.2, 0.25) is 5.88 Å². The van der Waals surface area contributed by atoms with Crippen LogP contribution in [0.2, 0.25) is 0 Å². The molecule has 2 aromatic rings. The van der Waals surface area contributed by atoms with E-state index in [-0.39, 0.29) is 11.8 Å². The minimum absolute atomic E-state index is 0.149. The lowest BCUT2D eigenvalue weighted by atomic mass is 9.74. The van der Waals surface area contributed by atoms with Crippen LogP contribution in [0.4, 0.5) is 18.9 Å². The van der Waals surface area contributed by atoms with Gasteiger partial charge >= 0.3 is 6.18 Å². The molecule has 0 spiro atoms. The monoisotopic (exact) mass is 474 g/mol. The molecule has 4 rings (SSSR count). The number of amides is 1. The van der Waals surface area contributed by atoms with Crippen molar-refractivity contribution in [1.82, 2.24) is 9.88 Å². The number of carbonyl (C=O) groups is 1. The highest BCUT2D eigenvalue weighted by molar-refractivity contribution is 5.94. The maximum atomic E-state index is 13.5. The summed E-state index contributed by atoms with van der Waals surface area (Å²) in [5, 5.41) is 9.09. The Labute approximate surface area is 195 Å². The van der Waals surface area contributed by atoms with E-state index in [4.69, 9.17) is 14.7 Å². The summed E-state index contributed by atoms with van der Waals surface area (Å²) in [6, 6.07) is 8.73. The number of pyridine rings is 1. The fourth-order valence-electron chi connectivity index (χ4n) is 5.12. The van der Waals surface area contributed by atoms with Crippen molar-refractivity contribution < 1.29 is 27.4 Å². The number of rotatable bonds is 5. The van der Waals surface area contributed by atoms with Crippen molar-refractivity contribution in [1.29, 1.82) is 5.26 Å². The minimum atomic E-state index is -4.62. The fraction of sp³-hybridized carbons (Fsp3) is 0.458. The van der Waals surface area contributed by atoms with E-state index in [1.807, 2.05) is 4.90 Å². The SMILES string of the molecule is COC[C@@]12CN(C(=O)c3ccc(OC)nc3)CC[C@@H]1CN(c1ccc(C#N)c(C(F)(F)F)c1)C2. The Hall–Kier alpha value is -3.32. The molecule has 7 nitrogen and oxygen atoms in total. The lowest BCUT2D eigenvalue weighted by molar-refractivity contribution is -0.137. The molecule has 0 bridgehead atoms. The quantitative estimate of drug-likeness (QED) is 0.659. The predicted octanol–water partition coefficient (Wildman–Crippen LogP) is 3.60. The molecule has 1 amide bonds. The molecule has 0 radical (unpaired) electrons. The maximum Gasteiger partial charge on any atom is 0.417 e. The van der Waals surface area contributed by atoms with Crippen molar-refractivity contribution in [3.63, 3.8) is 0 Å². The second-order valence-corrected chi connectivity index (χ2v) is 8.82. The summed E-state index contributed by atoms with van der Waals surface area (Å²) in [6.45, 7) is 2.34. The summed E-state index contributed by atoms with van der Waals surface area (Å²) in [7, 11) is 3.09. The van der Waals surface area contributed by atoms with Crippen LogP contribution in [0.15, 0.2) is 36.5 Å². The van der Waals surface area contributed by atoms with Gasteiger partial charge in [-0.05, 0) is 36.6 Å². The number of alkyl halides is 3. The normalized spacial score (nSPS) is 22.3. The summed E-state index contributed by atoms with van der Waals surface area (Å²) < 4.78 is 51.1. The van der Waals surface area contributed by atoms with Crippen molar-refractivity contribution in [2.75, 3.05) is 51.9 Å². The van der Waals surface area contributed by atoms with E-state index >= 15 is 0 Å². The molecule has 0 saturated carbocycles. The smallest absolute Gasteiger partial charge is 0.417 e. The van der Waals surface area contributed by atoms with Crippen LogP contribution in [0, 0.1) is 22.7 Å². The number of piperidine rings is 1. The lowest BCUT2D eigenvalue weighted by Crippen LogP contribution is -2.53. The van der Waals surface area contributed by atoms with E-state index < -0.39 is 22.7 Å². The number of aromatic nitrogens is 1. The van der Waals surface area contributed by atoms with E-state index in [1.54, 1.807) is 36.3 Å². The number of anilines is 1. The Kier molecular flexibility index (Phi) is 6.41. The Morgan fingerprint density at radius 3 is 2.68 bits per heavy atom. The van der Waals surface area contributed by atoms with Gasteiger partial charge < -0.3 is 19.3 Å². The van der Waals surface area contributed by atoms with Crippen LogP contribution in [0.1, 0.15) is 27.9 Å². The van der Waals surface area contributed by atoms with Crippen LogP contribution < -0.4 is 9.64 Å². The Balaban J connectivity index is 1.58. The fourth-order valence-corrected chi connectivity index (χ4v) is 5.12. The van der Waals surface area contributed by atoms with Crippen LogP contribution >= 0.6 is 0 Å². The van der Waals surface area contributed by atoms with E-state index in [9.17, 15) is 18.0 Å². The Bertz CT molecular complexity index is 1100. The van der Waals surface area contributed by atoms with E-state index in [0.29, 0.717) is 56.3 Å². The summed E-state index contributed by atoms with van der Waals surface area (Å²) in [5.74, 6) is 0.411. The number of hydrogen-bond acceptors (Lipinski definition) is 6. The molecule has 0 aliphatic carbocycles. The first-order valence-corrected chi connectivity index (χ1v) is 10.9. The van der Waals surface area contributed by atoms with Gasteiger partial charge in [-0.25, -0.2) is 4.98 Å². The summed E-state index contributed by atoms with van der Waals surface area (Å²) in [6.07, 6.45) is -2.43. The second kappa shape index (κ2) is 9.14. The predicted molar refractivity (Wildman–Crippen MR) is 117 cm³/mol. The van der Waals surface area contributed by atoms with Crippen LogP contribution in [-0.2, 0) is 10.9 Å². The van der Waals surface area contributed by atoms with E-state index in [0.717, 1.165) is 6.07 Å². The number of ether oxygens (including phenoxy) is 2. The zero-order valence-corrected chi connectivity index (χ0v) is 18.9. The molecule has 2 atom stereocenters. The van der Waals surface area contributed by atoms with Crippen LogP contribution in [-0.4, -0.2) is 62.8 Å². The number of nitrogens with zero attached hydrogens (tertiary/aromatic N) is 4. The van der Waals surface area contributed by atoms with Gasteiger partial charge in [-0.1, -0.05) is 0 Å². The van der Waals surface area contributed by atoms with Gasteiger partial charge in [0, 0.05) is 56.7 Å². The summed E-state index contributed by atoms with van der Waals surface area (Å²) in [4.78, 5) is 20.9. The molecule has 2 saturated heterocycles. The average Bonchev–Trinajstić information content (AvgIpc) is 3.21. The van der Waals surface area contributed by atoms with Gasteiger partial charge in [-0.2, -0.15) is 18.4 Å². The van der Waals surface area contributed by atoms with Gasteiger partial charge in [-0.15, -0.1) is 0 Å². The number of methoxy groups -OCH3 is 2. The number of hydrogen-bond donors (Lipinski definition) is 0. The van der Waals surface area contributed by atoms with Crippen molar-refractivity contribution in [3.8, 4) is 11.9 Å². The van der Waals surface area contributed by atoms with E-state index in [2.05, 4.69) is 4.98 Å². The highest BCUT2D eigenvalue weighted by Gasteiger charge is 2.51. The van der Waals surface area contributed by atoms with Gasteiger partial charge in [0.25, 0.3) is 5.91 Å². The molecule has 2 fully saturated rings. The molecule has 0 N–H and O–H groups in total. The number of benzene rings is 1. The topological polar surface area (TPSA) is 78.7 Å². The lowest BCUT2D eigenvalue weighted by Gasteiger charge is -2.43. The number of likely N-dealkylation sites (tertiary alicyclic amines) is 1. The van der Waals surface area contributed by atoms with Crippen molar-refractivity contribution in [2.24, 2.45) is 11.3 Å². The summed E-state index contributed by atoms with van der Waals surface area (Å²) >= 11 is 0. The van der Waals surface area contributed by atoms with Crippen molar-refractivity contribution >= 4 is 11.6 Å². The molecule has 2 aliphatic heterocycles. The molecule has 0 unspecified atom stereocenters. The van der Waals surface area contributed by atoms with Crippen molar-refractivity contribution in [3.05, 3.63) is 53.2 Å². The third-order valence-electron chi connectivity index (χ3n) is 6.77. The van der Waals surface area contributed by atoms with Crippen molar-refractivity contribution in [2.45, 2.75) is 12.6 Å². The van der Waals surface area contributed by atoms with Crippen LogP contribution in [0.3, 0.4) is 0 Å². The highest BCUT2D eigenvalue weighted by Crippen LogP contribution is 2.45. The molecule has 1 aromatic carbocycles. The molecular weight excluding hydrogens is 449 g/mol. The first kappa shape index (κ1) is 23.8. The van der Waals surface area contributed by atoms with Crippen LogP contribution in [0.5, 0.6) is 5.88 Å². The molecule has 10 heteroatoms. The Morgan fingerprint density at radius 1 is 1.26 bits per heavy atom. The standard InChI is InChI=1S/C24H25F3N4O3/c1-33-15-23-13-30(22(32)17-4-6-21(34-2)29-11-17)8-7-18(23)12-31(14-23)19-5-3-16(10-28)20(9-19)24(25,26)27/h3-6,9,11,18H,7-8,12-15H2,1-2H3/t18-,23+/m1/s1. The van der Waals surface area contributed by atoms with Crippen LogP contribution in [0.25, 0.3) is 0 Å². The largest absolute Gasteiger partial charge is 0.481 e. The van der Waals surface area contributed by atoms with Gasteiger partial charge in [0.05, 0.1) is 36.5 Å². The summed E-state index contributed by atoms with van der Waals surface area (Å²) in [5.41, 5.74) is -0.900. The second-order valence-electron chi connectivity index (χ2n) is 8.82. The molecule has 180 valence electrons. The van der Waals surface area contributed by atoms with Gasteiger partial charge in [0.15, 0.2) is 0 Å².